The number of carbonyl (C=O) groups is 1. The summed E-state index contributed by atoms with van der Waals surface area (Å²) in [7, 11) is 0. The van der Waals surface area contributed by atoms with E-state index in [1.807, 2.05) is 13.0 Å². The van der Waals surface area contributed by atoms with Crippen LogP contribution in [-0.2, 0) is 9.53 Å². The van der Waals surface area contributed by atoms with Crippen LogP contribution in [0.2, 0.25) is 0 Å². The summed E-state index contributed by atoms with van der Waals surface area (Å²) in [6.07, 6.45) is 8.00. The number of allylic oxidation sites excluding steroid dienone is 1. The Bertz CT molecular complexity index is 466. The van der Waals surface area contributed by atoms with E-state index in [-0.39, 0.29) is 23.2 Å². The van der Waals surface area contributed by atoms with Gasteiger partial charge in [-0.1, -0.05) is 13.0 Å². The fourth-order valence-electron chi connectivity index (χ4n) is 5.60. The summed E-state index contributed by atoms with van der Waals surface area (Å²) >= 11 is 0. The average Bonchev–Trinajstić information content (AvgIpc) is 2.81. The van der Waals surface area contributed by atoms with E-state index in [4.69, 9.17) is 4.74 Å². The van der Waals surface area contributed by atoms with Crippen molar-refractivity contribution in [2.24, 2.45) is 23.2 Å². The maximum atomic E-state index is 12.2. The third-order valence-corrected chi connectivity index (χ3v) is 6.51. The molecule has 0 amide bonds. The lowest BCUT2D eigenvalue weighted by Crippen LogP contribution is -2.60. The van der Waals surface area contributed by atoms with Crippen LogP contribution in [0, 0.1) is 23.2 Å². The van der Waals surface area contributed by atoms with Crippen LogP contribution in [0.4, 0.5) is 0 Å². The zero-order valence-electron chi connectivity index (χ0n) is 11.0. The summed E-state index contributed by atoms with van der Waals surface area (Å²) in [5.41, 5.74) is -1.80. The summed E-state index contributed by atoms with van der Waals surface area (Å²) in [6, 6.07) is 0. The summed E-state index contributed by atoms with van der Waals surface area (Å²) < 4.78 is 5.81. The molecule has 1 aliphatic heterocycles. The molecule has 1 spiro atoms. The van der Waals surface area contributed by atoms with Gasteiger partial charge in [-0.3, -0.25) is 4.79 Å². The SMILES string of the molecule is C[C@H]1CCC=C[C@]23OC(=O)[C@H]4C[C@H](C[C@@]412)[C@@]3(C)O. The molecule has 4 rings (SSSR count). The number of hydrogen-bond acceptors (Lipinski definition) is 3. The molecule has 0 aromatic carbocycles. The van der Waals surface area contributed by atoms with Crippen molar-refractivity contribution >= 4 is 5.97 Å². The first kappa shape index (κ1) is 11.0. The molecule has 2 bridgehead atoms. The Labute approximate surface area is 107 Å². The summed E-state index contributed by atoms with van der Waals surface area (Å²) in [6.45, 7) is 4.11. The van der Waals surface area contributed by atoms with Crippen molar-refractivity contribution in [1.82, 2.24) is 0 Å². The Morgan fingerprint density at radius 2 is 2.28 bits per heavy atom. The monoisotopic (exact) mass is 248 g/mol. The van der Waals surface area contributed by atoms with Gasteiger partial charge in [0.1, 0.15) is 5.60 Å². The van der Waals surface area contributed by atoms with Crippen LogP contribution in [0.5, 0.6) is 0 Å². The quantitative estimate of drug-likeness (QED) is 0.527. The van der Waals surface area contributed by atoms with Crippen LogP contribution in [0.3, 0.4) is 0 Å². The maximum Gasteiger partial charge on any atom is 0.310 e. The summed E-state index contributed by atoms with van der Waals surface area (Å²) in [4.78, 5) is 12.2. The fourth-order valence-corrected chi connectivity index (χ4v) is 5.60. The molecule has 3 aliphatic carbocycles. The molecule has 3 nitrogen and oxygen atoms in total. The Balaban J connectivity index is 2.02. The van der Waals surface area contributed by atoms with E-state index in [0.717, 1.165) is 25.7 Å². The van der Waals surface area contributed by atoms with Crippen LogP contribution < -0.4 is 0 Å². The molecule has 0 radical (unpaired) electrons. The lowest BCUT2D eigenvalue weighted by atomic mass is 9.57. The molecule has 4 aliphatic rings. The highest BCUT2D eigenvalue weighted by atomic mass is 16.6. The van der Waals surface area contributed by atoms with E-state index in [9.17, 15) is 9.90 Å². The summed E-state index contributed by atoms with van der Waals surface area (Å²) in [5, 5.41) is 11.0. The number of ether oxygens (including phenoxy) is 1. The second kappa shape index (κ2) is 2.84. The minimum Gasteiger partial charge on any atom is -0.451 e. The van der Waals surface area contributed by atoms with Crippen molar-refractivity contribution in [3.63, 3.8) is 0 Å². The molecule has 1 heterocycles. The van der Waals surface area contributed by atoms with Crippen molar-refractivity contribution in [3.05, 3.63) is 12.2 Å². The molecule has 6 atom stereocenters. The van der Waals surface area contributed by atoms with E-state index in [0.29, 0.717) is 5.92 Å². The van der Waals surface area contributed by atoms with Crippen molar-refractivity contribution in [2.75, 3.05) is 0 Å². The van der Waals surface area contributed by atoms with E-state index < -0.39 is 11.2 Å². The van der Waals surface area contributed by atoms with Gasteiger partial charge in [-0.05, 0) is 50.5 Å². The average molecular weight is 248 g/mol. The van der Waals surface area contributed by atoms with Gasteiger partial charge in [-0.15, -0.1) is 0 Å². The van der Waals surface area contributed by atoms with Crippen LogP contribution in [-0.4, -0.2) is 22.3 Å². The number of aliphatic hydroxyl groups is 1. The lowest BCUT2D eigenvalue weighted by molar-refractivity contribution is -0.175. The predicted octanol–water partition coefficient (Wildman–Crippen LogP) is 2.05. The second-order valence-electron chi connectivity index (χ2n) is 6.91. The highest BCUT2D eigenvalue weighted by molar-refractivity contribution is 5.80. The highest BCUT2D eigenvalue weighted by Gasteiger charge is 2.83. The van der Waals surface area contributed by atoms with Crippen LogP contribution in [0.25, 0.3) is 0 Å². The third kappa shape index (κ3) is 0.814. The first-order chi connectivity index (χ1) is 8.46. The Hall–Kier alpha value is -0.830. The molecule has 1 N–H and O–H groups in total. The van der Waals surface area contributed by atoms with E-state index in [1.54, 1.807) is 0 Å². The molecule has 18 heavy (non-hydrogen) atoms. The maximum absolute atomic E-state index is 12.2. The van der Waals surface area contributed by atoms with Gasteiger partial charge in [0.15, 0.2) is 5.60 Å². The molecule has 98 valence electrons. The molecular weight excluding hydrogens is 228 g/mol. The van der Waals surface area contributed by atoms with Gasteiger partial charge in [-0.25, -0.2) is 0 Å². The number of esters is 1. The van der Waals surface area contributed by atoms with Gasteiger partial charge >= 0.3 is 5.97 Å². The molecule has 1 saturated heterocycles. The Morgan fingerprint density at radius 3 is 3.06 bits per heavy atom. The highest BCUT2D eigenvalue weighted by Crippen LogP contribution is 2.75. The number of fused-ring (bicyclic) bond motifs is 1. The first-order valence-electron chi connectivity index (χ1n) is 7.08. The van der Waals surface area contributed by atoms with Crippen LogP contribution in [0.15, 0.2) is 12.2 Å². The zero-order chi connectivity index (χ0) is 12.8. The van der Waals surface area contributed by atoms with E-state index in [1.165, 1.54) is 0 Å². The third-order valence-electron chi connectivity index (χ3n) is 6.51. The fraction of sp³-hybridized carbons (Fsp3) is 0.800. The van der Waals surface area contributed by atoms with Crippen LogP contribution >= 0.6 is 0 Å². The normalized spacial score (nSPS) is 60.6. The molecule has 0 aromatic heterocycles. The van der Waals surface area contributed by atoms with E-state index in [2.05, 4.69) is 13.0 Å². The standard InChI is InChI=1S/C15H20O3/c1-9-5-3-4-6-15-13(2,17)10-7-11(12(16)18-15)14(9,15)8-10/h4,6,9-11,17H,3,5,7-8H2,1-2H3/t9-,10+,11+,13+,14-,15+/m0/s1. The van der Waals surface area contributed by atoms with Crippen molar-refractivity contribution < 1.29 is 14.6 Å². The minimum absolute atomic E-state index is 0.0143. The molecule has 2 saturated carbocycles. The van der Waals surface area contributed by atoms with Crippen molar-refractivity contribution in [1.29, 1.82) is 0 Å². The lowest BCUT2D eigenvalue weighted by Gasteiger charge is -2.48. The van der Waals surface area contributed by atoms with Crippen LogP contribution in [0.1, 0.15) is 39.5 Å². The van der Waals surface area contributed by atoms with Gasteiger partial charge < -0.3 is 9.84 Å². The van der Waals surface area contributed by atoms with E-state index >= 15 is 0 Å². The van der Waals surface area contributed by atoms with Gasteiger partial charge in [0.2, 0.25) is 0 Å². The van der Waals surface area contributed by atoms with Gasteiger partial charge in [0, 0.05) is 5.41 Å². The minimum atomic E-state index is -0.898. The molecule has 3 heteroatoms. The molecule has 0 unspecified atom stereocenters. The zero-order valence-corrected chi connectivity index (χ0v) is 11.0. The number of carbonyl (C=O) groups excluding carboxylic acids is 1. The van der Waals surface area contributed by atoms with Gasteiger partial charge in [-0.2, -0.15) is 0 Å². The molecule has 3 fully saturated rings. The number of hydrogen-bond donors (Lipinski definition) is 1. The largest absolute Gasteiger partial charge is 0.451 e. The smallest absolute Gasteiger partial charge is 0.310 e. The second-order valence-corrected chi connectivity index (χ2v) is 6.91. The summed E-state index contributed by atoms with van der Waals surface area (Å²) in [5.74, 6) is 0.580. The topological polar surface area (TPSA) is 46.5 Å². The molecule has 0 aromatic rings. The predicted molar refractivity (Wildman–Crippen MR) is 65.6 cm³/mol. The first-order valence-corrected chi connectivity index (χ1v) is 7.08. The Kier molecular flexibility index (Phi) is 1.74. The van der Waals surface area contributed by atoms with Gasteiger partial charge in [0.25, 0.3) is 0 Å². The number of rotatable bonds is 0. The van der Waals surface area contributed by atoms with Crippen molar-refractivity contribution in [3.8, 4) is 0 Å². The van der Waals surface area contributed by atoms with Crippen molar-refractivity contribution in [2.45, 2.75) is 50.7 Å². The van der Waals surface area contributed by atoms with Gasteiger partial charge in [0.05, 0.1) is 5.92 Å². The molecular formula is C15H20O3. The Morgan fingerprint density at radius 1 is 1.50 bits per heavy atom.